The van der Waals surface area contributed by atoms with Crippen LogP contribution in [0.15, 0.2) is 29.2 Å². The largest absolute Gasteiger partial charge is 0.462 e. The molecule has 3 rings (SSSR count). The number of benzene rings is 1. The number of piperazine rings is 1. The van der Waals surface area contributed by atoms with Gasteiger partial charge in [0.15, 0.2) is 0 Å². The lowest BCUT2D eigenvalue weighted by atomic mass is 10.1. The predicted octanol–water partition coefficient (Wildman–Crippen LogP) is 3.29. The van der Waals surface area contributed by atoms with Gasteiger partial charge in [-0.15, -0.1) is 0 Å². The molecule has 33 heavy (non-hydrogen) atoms. The number of aromatic nitrogens is 1. The van der Waals surface area contributed by atoms with Crippen LogP contribution in [0.5, 0.6) is 0 Å². The second-order valence-electron chi connectivity index (χ2n) is 9.32. The summed E-state index contributed by atoms with van der Waals surface area (Å²) in [6, 6.07) is 5.92. The lowest BCUT2D eigenvalue weighted by molar-refractivity contribution is -0.245. The Hall–Kier alpha value is -2.66. The highest BCUT2D eigenvalue weighted by Gasteiger charge is 2.26. The molecule has 0 spiro atoms. The molecule has 1 aliphatic heterocycles. The second-order valence-corrected chi connectivity index (χ2v) is 9.32. The van der Waals surface area contributed by atoms with Crippen LogP contribution >= 0.6 is 0 Å². The van der Waals surface area contributed by atoms with Crippen LogP contribution in [0.25, 0.3) is 10.9 Å². The average molecular weight is 454 g/mol. The molecule has 0 bridgehead atoms. The highest BCUT2D eigenvalue weighted by Crippen LogP contribution is 2.17. The van der Waals surface area contributed by atoms with Crippen molar-refractivity contribution in [3.05, 3.63) is 45.7 Å². The van der Waals surface area contributed by atoms with Gasteiger partial charge < -0.3 is 9.30 Å². The lowest BCUT2D eigenvalue weighted by Crippen LogP contribution is -2.53. The summed E-state index contributed by atoms with van der Waals surface area (Å²) in [6.07, 6.45) is 1.58. The van der Waals surface area contributed by atoms with Gasteiger partial charge in [-0.25, -0.2) is 4.79 Å². The molecule has 7 nitrogen and oxygen atoms in total. The Morgan fingerprint density at radius 3 is 2.61 bits per heavy atom. The Bertz CT molecular complexity index is 1120. The van der Waals surface area contributed by atoms with Crippen LogP contribution < -0.4 is 5.43 Å². The number of aryl methyl sites for hydroxylation is 1. The zero-order valence-corrected chi connectivity index (χ0v) is 20.6. The second kappa shape index (κ2) is 10.5. The molecule has 1 atom stereocenters. The van der Waals surface area contributed by atoms with Crippen LogP contribution in [0.2, 0.25) is 0 Å². The van der Waals surface area contributed by atoms with E-state index in [-0.39, 0.29) is 23.2 Å². The monoisotopic (exact) mass is 453 g/mol. The Labute approximate surface area is 196 Å². The summed E-state index contributed by atoms with van der Waals surface area (Å²) >= 11 is 0. The SMILES string of the molecule is CCOC(=O)c1cn(CC)c2ccc(C#CCN3CCN(OC(C)(C)C)CC3C)cc2c1=O. The van der Waals surface area contributed by atoms with Crippen LogP contribution in [0, 0.1) is 11.8 Å². The third-order valence-electron chi connectivity index (χ3n) is 5.56. The molecule has 0 saturated carbocycles. The molecule has 1 unspecified atom stereocenters. The fraction of sp³-hybridized carbons (Fsp3) is 0.538. The highest BCUT2D eigenvalue weighted by molar-refractivity contribution is 5.94. The third kappa shape index (κ3) is 6.23. The standard InChI is InChI=1S/C26H35N3O4/c1-7-27-18-22(25(31)32-8-2)24(30)21-16-20(11-12-23(21)27)10-9-13-28-14-15-29(17-19(28)3)33-26(4,5)6/h11-12,16,18-19H,7-8,13-15,17H2,1-6H3. The topological polar surface area (TPSA) is 64.0 Å². The van der Waals surface area contributed by atoms with E-state index in [9.17, 15) is 9.59 Å². The van der Waals surface area contributed by atoms with Crippen molar-refractivity contribution in [3.8, 4) is 11.8 Å². The van der Waals surface area contributed by atoms with Gasteiger partial charge in [-0.1, -0.05) is 11.8 Å². The van der Waals surface area contributed by atoms with Gasteiger partial charge >= 0.3 is 5.97 Å². The van der Waals surface area contributed by atoms with Crippen LogP contribution in [0.1, 0.15) is 57.5 Å². The Balaban J connectivity index is 1.78. The number of ether oxygens (including phenoxy) is 1. The molecule has 2 heterocycles. The maximum absolute atomic E-state index is 13.0. The fourth-order valence-electron chi connectivity index (χ4n) is 4.00. The number of pyridine rings is 1. The van der Waals surface area contributed by atoms with Crippen molar-refractivity contribution in [3.63, 3.8) is 0 Å². The highest BCUT2D eigenvalue weighted by atomic mass is 16.7. The van der Waals surface area contributed by atoms with Gasteiger partial charge in [-0.2, -0.15) is 5.06 Å². The zero-order chi connectivity index (χ0) is 24.2. The maximum Gasteiger partial charge on any atom is 0.343 e. The summed E-state index contributed by atoms with van der Waals surface area (Å²) in [6.45, 7) is 16.1. The molecule has 0 N–H and O–H groups in total. The number of rotatable bonds is 5. The summed E-state index contributed by atoms with van der Waals surface area (Å²) in [5, 5.41) is 2.52. The molecule has 1 aromatic heterocycles. The fourth-order valence-corrected chi connectivity index (χ4v) is 4.00. The van der Waals surface area contributed by atoms with Crippen LogP contribution in [-0.4, -0.2) is 64.9 Å². The molecular formula is C26H35N3O4. The maximum atomic E-state index is 13.0. The van der Waals surface area contributed by atoms with E-state index in [4.69, 9.17) is 9.57 Å². The molecule has 1 saturated heterocycles. The van der Waals surface area contributed by atoms with Crippen molar-refractivity contribution < 1.29 is 14.4 Å². The molecule has 178 valence electrons. The third-order valence-corrected chi connectivity index (χ3v) is 5.56. The van der Waals surface area contributed by atoms with E-state index in [0.29, 0.717) is 24.5 Å². The summed E-state index contributed by atoms with van der Waals surface area (Å²) in [7, 11) is 0. The number of nitrogens with zero attached hydrogens (tertiary/aromatic N) is 3. The van der Waals surface area contributed by atoms with Crippen LogP contribution in [0.3, 0.4) is 0 Å². The van der Waals surface area contributed by atoms with Crippen molar-refractivity contribution in [1.29, 1.82) is 0 Å². The quantitative estimate of drug-likeness (QED) is 0.511. The number of hydrogen-bond acceptors (Lipinski definition) is 6. The zero-order valence-electron chi connectivity index (χ0n) is 20.6. The van der Waals surface area contributed by atoms with Crippen LogP contribution in [0.4, 0.5) is 0 Å². The van der Waals surface area contributed by atoms with Crippen molar-refractivity contribution >= 4 is 16.9 Å². The molecule has 0 radical (unpaired) electrons. The minimum Gasteiger partial charge on any atom is -0.462 e. The normalized spacial score (nSPS) is 17.6. The van der Waals surface area contributed by atoms with Gasteiger partial charge in [0.25, 0.3) is 0 Å². The van der Waals surface area contributed by atoms with E-state index in [1.807, 2.05) is 28.7 Å². The number of hydrogen-bond donors (Lipinski definition) is 0. The van der Waals surface area contributed by atoms with Gasteiger partial charge in [0.2, 0.25) is 5.43 Å². The molecule has 0 amide bonds. The van der Waals surface area contributed by atoms with E-state index in [1.165, 1.54) is 0 Å². The lowest BCUT2D eigenvalue weighted by Gasteiger charge is -2.40. The predicted molar refractivity (Wildman–Crippen MR) is 130 cm³/mol. The van der Waals surface area contributed by atoms with Gasteiger partial charge in [0.1, 0.15) is 5.56 Å². The first-order chi connectivity index (χ1) is 15.6. The van der Waals surface area contributed by atoms with Crippen molar-refractivity contribution in [2.75, 3.05) is 32.8 Å². The van der Waals surface area contributed by atoms with E-state index in [1.54, 1.807) is 19.2 Å². The first-order valence-electron chi connectivity index (χ1n) is 11.6. The molecule has 2 aromatic rings. The average Bonchev–Trinajstić information content (AvgIpc) is 2.75. The Kier molecular flexibility index (Phi) is 7.96. The van der Waals surface area contributed by atoms with E-state index in [0.717, 1.165) is 30.7 Å². The molecule has 1 aliphatic rings. The number of carbonyl (C=O) groups is 1. The molecule has 0 aliphatic carbocycles. The molecule has 1 aromatic carbocycles. The van der Waals surface area contributed by atoms with Gasteiger partial charge in [-0.3, -0.25) is 14.5 Å². The first-order valence-corrected chi connectivity index (χ1v) is 11.6. The minimum atomic E-state index is -0.591. The minimum absolute atomic E-state index is 0.0560. The molecule has 1 fully saturated rings. The Morgan fingerprint density at radius 2 is 1.97 bits per heavy atom. The van der Waals surface area contributed by atoms with E-state index < -0.39 is 5.97 Å². The first kappa shape index (κ1) is 25.0. The molecule has 7 heteroatoms. The number of esters is 1. The van der Waals surface area contributed by atoms with Crippen molar-refractivity contribution in [2.45, 2.75) is 59.7 Å². The summed E-state index contributed by atoms with van der Waals surface area (Å²) in [5.74, 6) is 5.85. The van der Waals surface area contributed by atoms with E-state index >= 15 is 0 Å². The van der Waals surface area contributed by atoms with Crippen molar-refractivity contribution in [1.82, 2.24) is 14.5 Å². The molecular weight excluding hydrogens is 418 g/mol. The van der Waals surface area contributed by atoms with E-state index in [2.05, 4.69) is 44.4 Å². The number of carbonyl (C=O) groups excluding carboxylic acids is 1. The van der Waals surface area contributed by atoms with Crippen molar-refractivity contribution in [2.24, 2.45) is 0 Å². The summed E-state index contributed by atoms with van der Waals surface area (Å²) < 4.78 is 6.96. The summed E-state index contributed by atoms with van der Waals surface area (Å²) in [4.78, 5) is 33.6. The van der Waals surface area contributed by atoms with Gasteiger partial charge in [0.05, 0.1) is 24.3 Å². The smallest absolute Gasteiger partial charge is 0.343 e. The number of fused-ring (bicyclic) bond motifs is 1. The van der Waals surface area contributed by atoms with Gasteiger partial charge in [0, 0.05) is 49.4 Å². The summed E-state index contributed by atoms with van der Waals surface area (Å²) in [5.41, 5.74) is 1.08. The Morgan fingerprint density at radius 1 is 1.21 bits per heavy atom. The van der Waals surface area contributed by atoms with Gasteiger partial charge in [-0.05, 0) is 59.7 Å². The van der Waals surface area contributed by atoms with Crippen LogP contribution in [-0.2, 0) is 16.1 Å². The number of hydroxylamine groups is 2.